The molecule has 28 heavy (non-hydrogen) atoms. The van der Waals surface area contributed by atoms with E-state index in [0.717, 1.165) is 10.2 Å². The molecule has 144 valence electrons. The second-order valence-corrected chi connectivity index (χ2v) is 6.89. The Hall–Kier alpha value is -3.33. The molecule has 0 atom stereocenters. The first-order valence-corrected chi connectivity index (χ1v) is 9.31. The van der Waals surface area contributed by atoms with Crippen LogP contribution in [0.15, 0.2) is 42.5 Å². The molecule has 1 amide bonds. The number of benzene rings is 2. The van der Waals surface area contributed by atoms with Gasteiger partial charge >= 0.3 is 5.97 Å². The van der Waals surface area contributed by atoms with Crippen molar-refractivity contribution in [3.05, 3.63) is 63.7 Å². The lowest BCUT2D eigenvalue weighted by Gasteiger charge is -2.17. The molecule has 0 N–H and O–H groups in total. The van der Waals surface area contributed by atoms with E-state index in [-0.39, 0.29) is 16.8 Å². The van der Waals surface area contributed by atoms with Crippen molar-refractivity contribution < 1.29 is 19.2 Å². The van der Waals surface area contributed by atoms with Gasteiger partial charge in [0.2, 0.25) is 0 Å². The van der Waals surface area contributed by atoms with E-state index in [4.69, 9.17) is 4.74 Å². The molecule has 0 fully saturated rings. The molecule has 0 radical (unpaired) electrons. The number of esters is 1. The van der Waals surface area contributed by atoms with Crippen LogP contribution in [0.3, 0.4) is 0 Å². The number of likely N-dealkylation sites (N-methyl/N-ethyl adjacent to an activating group) is 1. The minimum Gasteiger partial charge on any atom is -0.452 e. The predicted octanol–water partition coefficient (Wildman–Crippen LogP) is 3.72. The third kappa shape index (κ3) is 3.84. The molecule has 0 saturated heterocycles. The second-order valence-electron chi connectivity index (χ2n) is 5.89. The SMILES string of the molecule is CCN(C(=O)COC(=O)c1cccc([N+](=O)[O-])c1C)c1nc2ccccc2s1. The van der Waals surface area contributed by atoms with Crippen molar-refractivity contribution in [2.75, 3.05) is 18.1 Å². The van der Waals surface area contributed by atoms with Crippen molar-refractivity contribution in [1.82, 2.24) is 4.98 Å². The van der Waals surface area contributed by atoms with Gasteiger partial charge in [-0.2, -0.15) is 0 Å². The molecule has 0 saturated carbocycles. The number of hydrogen-bond donors (Lipinski definition) is 0. The number of rotatable bonds is 6. The van der Waals surface area contributed by atoms with Crippen LogP contribution in [0.4, 0.5) is 10.8 Å². The van der Waals surface area contributed by atoms with Gasteiger partial charge in [-0.25, -0.2) is 9.78 Å². The Morgan fingerprint density at radius 2 is 1.96 bits per heavy atom. The van der Waals surface area contributed by atoms with E-state index in [2.05, 4.69) is 4.98 Å². The molecular formula is C19H17N3O5S. The van der Waals surface area contributed by atoms with Crippen molar-refractivity contribution in [2.24, 2.45) is 0 Å². The van der Waals surface area contributed by atoms with E-state index in [9.17, 15) is 19.7 Å². The molecule has 0 aliphatic rings. The molecule has 3 aromatic rings. The summed E-state index contributed by atoms with van der Waals surface area (Å²) in [6.07, 6.45) is 0. The van der Waals surface area contributed by atoms with Crippen LogP contribution in [0, 0.1) is 17.0 Å². The van der Waals surface area contributed by atoms with Gasteiger partial charge in [0.05, 0.1) is 20.7 Å². The van der Waals surface area contributed by atoms with E-state index in [1.165, 1.54) is 41.4 Å². The number of nitro groups is 1. The van der Waals surface area contributed by atoms with E-state index < -0.39 is 23.4 Å². The Labute approximate surface area is 164 Å². The molecule has 0 bridgehead atoms. The van der Waals surface area contributed by atoms with Gasteiger partial charge in [-0.05, 0) is 32.0 Å². The average molecular weight is 399 g/mol. The van der Waals surface area contributed by atoms with Crippen LogP contribution in [0.5, 0.6) is 0 Å². The molecule has 9 heteroatoms. The fourth-order valence-corrected chi connectivity index (χ4v) is 3.77. The number of carbonyl (C=O) groups is 2. The Balaban J connectivity index is 1.72. The summed E-state index contributed by atoms with van der Waals surface area (Å²) < 4.78 is 6.06. The van der Waals surface area contributed by atoms with Crippen LogP contribution >= 0.6 is 11.3 Å². The number of nitrogens with zero attached hydrogens (tertiary/aromatic N) is 3. The Kier molecular flexibility index (Phi) is 5.65. The molecule has 2 aromatic carbocycles. The van der Waals surface area contributed by atoms with Crippen molar-refractivity contribution in [1.29, 1.82) is 0 Å². The van der Waals surface area contributed by atoms with Crippen molar-refractivity contribution in [2.45, 2.75) is 13.8 Å². The highest BCUT2D eigenvalue weighted by molar-refractivity contribution is 7.22. The zero-order valence-electron chi connectivity index (χ0n) is 15.2. The molecule has 0 spiro atoms. The van der Waals surface area contributed by atoms with Crippen LogP contribution < -0.4 is 4.90 Å². The number of nitro benzene ring substituents is 1. The smallest absolute Gasteiger partial charge is 0.339 e. The zero-order valence-corrected chi connectivity index (χ0v) is 16.1. The molecule has 3 rings (SSSR count). The van der Waals surface area contributed by atoms with Gasteiger partial charge < -0.3 is 4.74 Å². The van der Waals surface area contributed by atoms with E-state index in [1.807, 2.05) is 24.3 Å². The van der Waals surface area contributed by atoms with Gasteiger partial charge in [0.25, 0.3) is 11.6 Å². The van der Waals surface area contributed by atoms with Crippen LogP contribution in [-0.2, 0) is 9.53 Å². The maximum atomic E-state index is 12.6. The van der Waals surface area contributed by atoms with Crippen molar-refractivity contribution >= 4 is 44.2 Å². The summed E-state index contributed by atoms with van der Waals surface area (Å²) in [7, 11) is 0. The van der Waals surface area contributed by atoms with E-state index in [1.54, 1.807) is 6.92 Å². The Bertz CT molecular complexity index is 1030. The monoisotopic (exact) mass is 399 g/mol. The predicted molar refractivity (Wildman–Crippen MR) is 106 cm³/mol. The van der Waals surface area contributed by atoms with Gasteiger partial charge in [0, 0.05) is 18.2 Å². The summed E-state index contributed by atoms with van der Waals surface area (Å²) in [6.45, 7) is 3.16. The number of amides is 1. The highest BCUT2D eigenvalue weighted by atomic mass is 32.1. The van der Waals surface area contributed by atoms with Crippen molar-refractivity contribution in [3.63, 3.8) is 0 Å². The number of thiazole rings is 1. The van der Waals surface area contributed by atoms with Crippen LogP contribution in [-0.4, -0.2) is 34.9 Å². The number of fused-ring (bicyclic) bond motifs is 1. The highest BCUT2D eigenvalue weighted by Gasteiger charge is 2.22. The molecule has 1 aromatic heterocycles. The molecule has 0 aliphatic heterocycles. The van der Waals surface area contributed by atoms with Crippen LogP contribution in [0.2, 0.25) is 0 Å². The maximum Gasteiger partial charge on any atom is 0.339 e. The third-order valence-electron chi connectivity index (χ3n) is 4.18. The molecule has 0 aliphatic carbocycles. The molecule has 1 heterocycles. The fourth-order valence-electron chi connectivity index (χ4n) is 2.72. The summed E-state index contributed by atoms with van der Waals surface area (Å²) in [6, 6.07) is 11.7. The minimum absolute atomic E-state index is 0.0602. The largest absolute Gasteiger partial charge is 0.452 e. The third-order valence-corrected chi connectivity index (χ3v) is 5.24. The maximum absolute atomic E-state index is 12.6. The number of ether oxygens (including phenoxy) is 1. The quantitative estimate of drug-likeness (QED) is 0.355. The topological polar surface area (TPSA) is 103 Å². The van der Waals surface area contributed by atoms with E-state index >= 15 is 0 Å². The number of hydrogen-bond acceptors (Lipinski definition) is 7. The number of anilines is 1. The number of para-hydroxylation sites is 1. The lowest BCUT2D eigenvalue weighted by molar-refractivity contribution is -0.385. The first-order valence-electron chi connectivity index (χ1n) is 8.49. The first kappa shape index (κ1) is 19.4. The summed E-state index contributed by atoms with van der Waals surface area (Å²) in [5.41, 5.74) is 0.872. The second kappa shape index (κ2) is 8.13. The molecule has 0 unspecified atom stereocenters. The normalized spacial score (nSPS) is 10.6. The number of carbonyl (C=O) groups excluding carboxylic acids is 2. The molecule has 8 nitrogen and oxygen atoms in total. The summed E-state index contributed by atoms with van der Waals surface area (Å²) >= 11 is 1.38. The van der Waals surface area contributed by atoms with Gasteiger partial charge in [-0.1, -0.05) is 29.5 Å². The summed E-state index contributed by atoms with van der Waals surface area (Å²) in [4.78, 5) is 41.2. The Morgan fingerprint density at radius 1 is 1.21 bits per heavy atom. The fraction of sp³-hybridized carbons (Fsp3) is 0.211. The molecular weight excluding hydrogens is 382 g/mol. The zero-order chi connectivity index (χ0) is 20.3. The lowest BCUT2D eigenvalue weighted by Crippen LogP contribution is -2.34. The summed E-state index contributed by atoms with van der Waals surface area (Å²) in [5.74, 6) is -1.20. The average Bonchev–Trinajstić information content (AvgIpc) is 3.10. The van der Waals surface area contributed by atoms with Crippen molar-refractivity contribution in [3.8, 4) is 0 Å². The van der Waals surface area contributed by atoms with Gasteiger partial charge in [-0.15, -0.1) is 0 Å². The highest BCUT2D eigenvalue weighted by Crippen LogP contribution is 2.28. The lowest BCUT2D eigenvalue weighted by atomic mass is 10.1. The first-order chi connectivity index (χ1) is 13.4. The minimum atomic E-state index is -0.782. The van der Waals surface area contributed by atoms with Gasteiger partial charge in [0.15, 0.2) is 11.7 Å². The number of aromatic nitrogens is 1. The van der Waals surface area contributed by atoms with Crippen LogP contribution in [0.1, 0.15) is 22.8 Å². The summed E-state index contributed by atoms with van der Waals surface area (Å²) in [5, 5.41) is 11.5. The standard InChI is InChI=1S/C19H17N3O5S/c1-3-21(19-20-14-8-4-5-10-16(14)28-19)17(23)11-27-18(24)13-7-6-9-15(12(13)2)22(25)26/h4-10H,3,11H2,1-2H3. The van der Waals surface area contributed by atoms with Crippen LogP contribution in [0.25, 0.3) is 10.2 Å². The van der Waals surface area contributed by atoms with Gasteiger partial charge in [0.1, 0.15) is 0 Å². The Morgan fingerprint density at radius 3 is 2.64 bits per heavy atom. The van der Waals surface area contributed by atoms with E-state index in [0.29, 0.717) is 11.7 Å². The van der Waals surface area contributed by atoms with Gasteiger partial charge in [-0.3, -0.25) is 19.8 Å².